The van der Waals surface area contributed by atoms with Crippen molar-refractivity contribution in [3.63, 3.8) is 0 Å². The monoisotopic (exact) mass is 258 g/mol. The van der Waals surface area contributed by atoms with E-state index >= 15 is 0 Å². The third-order valence-electron chi connectivity index (χ3n) is 2.48. The van der Waals surface area contributed by atoms with Gasteiger partial charge in [-0.1, -0.05) is 30.3 Å². The van der Waals surface area contributed by atoms with Crippen molar-refractivity contribution in [3.05, 3.63) is 55.0 Å². The lowest BCUT2D eigenvalue weighted by molar-refractivity contribution is 1.09. The minimum absolute atomic E-state index is 0. The van der Waals surface area contributed by atoms with Crippen LogP contribution in [0.15, 0.2) is 55.0 Å². The topological polar surface area (TPSA) is 54.5 Å². The zero-order valence-electron chi connectivity index (χ0n) is 9.45. The molecule has 0 amide bonds. The number of aromatic amines is 1. The zero-order valence-corrected chi connectivity index (χ0v) is 10.3. The Morgan fingerprint density at radius 1 is 0.833 bits per heavy atom. The number of nitrogens with one attached hydrogen (secondary N) is 1. The van der Waals surface area contributed by atoms with E-state index in [1.54, 1.807) is 18.6 Å². The molecule has 1 N–H and O–H groups in total. The molecule has 0 spiro atoms. The molecule has 0 aliphatic carbocycles. The summed E-state index contributed by atoms with van der Waals surface area (Å²) in [5.74, 6) is 0.727. The largest absolute Gasteiger partial charge is 0.285 e. The van der Waals surface area contributed by atoms with E-state index in [-0.39, 0.29) is 12.4 Å². The molecule has 0 aliphatic rings. The van der Waals surface area contributed by atoms with Crippen molar-refractivity contribution in [2.24, 2.45) is 0 Å². The van der Waals surface area contributed by atoms with E-state index < -0.39 is 0 Å². The molecule has 90 valence electrons. The van der Waals surface area contributed by atoms with Crippen LogP contribution in [0.2, 0.25) is 0 Å². The molecule has 2 heterocycles. The molecule has 18 heavy (non-hydrogen) atoms. The first kappa shape index (κ1) is 12.3. The van der Waals surface area contributed by atoms with E-state index in [4.69, 9.17) is 0 Å². The fourth-order valence-electron chi connectivity index (χ4n) is 1.62. The fourth-order valence-corrected chi connectivity index (χ4v) is 1.62. The number of hydrogen-bond donors (Lipinski definition) is 1. The molecule has 0 atom stereocenters. The first-order valence-electron chi connectivity index (χ1n) is 5.31. The Morgan fingerprint density at radius 2 is 1.56 bits per heavy atom. The van der Waals surface area contributed by atoms with Crippen LogP contribution in [0.5, 0.6) is 0 Å². The smallest absolute Gasteiger partial charge is 0.159 e. The van der Waals surface area contributed by atoms with Crippen molar-refractivity contribution in [2.45, 2.75) is 0 Å². The van der Waals surface area contributed by atoms with Crippen molar-refractivity contribution in [2.75, 3.05) is 0 Å². The van der Waals surface area contributed by atoms with Crippen LogP contribution in [-0.2, 0) is 0 Å². The van der Waals surface area contributed by atoms with Crippen molar-refractivity contribution in [3.8, 4) is 22.6 Å². The summed E-state index contributed by atoms with van der Waals surface area (Å²) in [6.45, 7) is 0. The average Bonchev–Trinajstić information content (AvgIpc) is 2.94. The van der Waals surface area contributed by atoms with Gasteiger partial charge in [-0.3, -0.25) is 5.10 Å². The number of rotatable bonds is 2. The maximum atomic E-state index is 4.34. The Hall–Kier alpha value is -2.20. The Morgan fingerprint density at radius 3 is 2.17 bits per heavy atom. The van der Waals surface area contributed by atoms with Gasteiger partial charge in [0.1, 0.15) is 0 Å². The molecule has 0 fully saturated rings. The molecule has 3 aromatic rings. The van der Waals surface area contributed by atoms with Crippen LogP contribution in [0.4, 0.5) is 0 Å². The summed E-state index contributed by atoms with van der Waals surface area (Å²) < 4.78 is 0. The Balaban J connectivity index is 0.00000120. The van der Waals surface area contributed by atoms with E-state index in [0.29, 0.717) is 0 Å². The van der Waals surface area contributed by atoms with Crippen LogP contribution in [0.3, 0.4) is 0 Å². The summed E-state index contributed by atoms with van der Waals surface area (Å²) >= 11 is 0. The van der Waals surface area contributed by atoms with E-state index in [1.165, 1.54) is 0 Å². The maximum Gasteiger partial charge on any atom is 0.159 e. The van der Waals surface area contributed by atoms with E-state index in [2.05, 4.69) is 20.2 Å². The first-order chi connectivity index (χ1) is 8.43. The molecule has 0 bridgehead atoms. The number of aromatic nitrogens is 4. The first-order valence-corrected chi connectivity index (χ1v) is 5.31. The highest BCUT2D eigenvalue weighted by molar-refractivity contribution is 5.85. The molecule has 4 nitrogen and oxygen atoms in total. The molecule has 0 aliphatic heterocycles. The summed E-state index contributed by atoms with van der Waals surface area (Å²) in [6, 6.07) is 11.8. The van der Waals surface area contributed by atoms with Crippen LogP contribution in [-0.4, -0.2) is 20.2 Å². The maximum absolute atomic E-state index is 4.34. The van der Waals surface area contributed by atoms with Gasteiger partial charge in [-0.05, 0) is 6.07 Å². The van der Waals surface area contributed by atoms with Gasteiger partial charge < -0.3 is 0 Å². The quantitative estimate of drug-likeness (QED) is 0.769. The van der Waals surface area contributed by atoms with Gasteiger partial charge in [0.05, 0.1) is 5.69 Å². The highest BCUT2D eigenvalue weighted by Gasteiger charge is 2.03. The van der Waals surface area contributed by atoms with Gasteiger partial charge in [-0.15, -0.1) is 12.4 Å². The van der Waals surface area contributed by atoms with Crippen molar-refractivity contribution < 1.29 is 0 Å². The summed E-state index contributed by atoms with van der Waals surface area (Å²) in [5.41, 5.74) is 2.77. The normalized spacial score (nSPS) is 9.78. The Bertz CT molecular complexity index is 591. The third kappa shape index (κ3) is 2.38. The lowest BCUT2D eigenvalue weighted by atomic mass is 10.2. The fraction of sp³-hybridized carbons (Fsp3) is 0. The summed E-state index contributed by atoms with van der Waals surface area (Å²) in [6.07, 6.45) is 5.34. The lowest BCUT2D eigenvalue weighted by Gasteiger charge is -2.00. The standard InChI is InChI=1S/C13H10N4.ClH/c1-2-4-10(5-3-1)13-14-8-11(9-15-13)12-6-7-16-17-12;/h1-9H,(H,16,17);1H. The predicted octanol–water partition coefficient (Wildman–Crippen LogP) is 2.96. The number of halogens is 1. The molecular formula is C13H11ClN4. The van der Waals surface area contributed by atoms with Crippen LogP contribution < -0.4 is 0 Å². The van der Waals surface area contributed by atoms with Gasteiger partial charge in [0.25, 0.3) is 0 Å². The van der Waals surface area contributed by atoms with Crippen LogP contribution >= 0.6 is 12.4 Å². The average molecular weight is 259 g/mol. The lowest BCUT2D eigenvalue weighted by Crippen LogP contribution is -1.89. The summed E-state index contributed by atoms with van der Waals surface area (Å²) in [7, 11) is 0. The second kappa shape index (κ2) is 5.42. The van der Waals surface area contributed by atoms with Crippen LogP contribution in [0.1, 0.15) is 0 Å². The molecule has 0 unspecified atom stereocenters. The number of H-pyrrole nitrogens is 1. The van der Waals surface area contributed by atoms with Gasteiger partial charge in [-0.25, -0.2) is 9.97 Å². The third-order valence-corrected chi connectivity index (χ3v) is 2.48. The van der Waals surface area contributed by atoms with Crippen molar-refractivity contribution in [1.82, 2.24) is 20.2 Å². The predicted molar refractivity (Wildman–Crippen MR) is 72.3 cm³/mol. The van der Waals surface area contributed by atoms with Crippen molar-refractivity contribution >= 4 is 12.4 Å². The van der Waals surface area contributed by atoms with Gasteiger partial charge in [0.2, 0.25) is 0 Å². The Kier molecular flexibility index (Phi) is 3.69. The Labute approximate surface area is 111 Å². The molecular weight excluding hydrogens is 248 g/mol. The minimum Gasteiger partial charge on any atom is -0.285 e. The van der Waals surface area contributed by atoms with Crippen LogP contribution in [0, 0.1) is 0 Å². The van der Waals surface area contributed by atoms with Gasteiger partial charge in [-0.2, -0.15) is 5.10 Å². The number of hydrogen-bond acceptors (Lipinski definition) is 3. The number of nitrogens with zero attached hydrogens (tertiary/aromatic N) is 3. The summed E-state index contributed by atoms with van der Waals surface area (Å²) in [5, 5.41) is 6.85. The second-order valence-electron chi connectivity index (χ2n) is 3.62. The molecule has 0 saturated heterocycles. The van der Waals surface area contributed by atoms with Crippen molar-refractivity contribution in [1.29, 1.82) is 0 Å². The SMILES string of the molecule is Cl.c1ccc(-c2ncc(-c3cc[nH]n3)cn2)cc1. The molecule has 0 radical (unpaired) electrons. The number of benzene rings is 1. The van der Waals surface area contributed by atoms with E-state index in [0.717, 1.165) is 22.6 Å². The zero-order chi connectivity index (χ0) is 11.5. The molecule has 1 aromatic carbocycles. The highest BCUT2D eigenvalue weighted by Crippen LogP contribution is 2.17. The minimum atomic E-state index is 0. The van der Waals surface area contributed by atoms with E-state index in [1.807, 2.05) is 36.4 Å². The summed E-state index contributed by atoms with van der Waals surface area (Å²) in [4.78, 5) is 8.68. The molecule has 0 saturated carbocycles. The molecule has 5 heteroatoms. The highest BCUT2D eigenvalue weighted by atomic mass is 35.5. The molecule has 2 aromatic heterocycles. The molecule has 3 rings (SSSR count). The van der Waals surface area contributed by atoms with Gasteiger partial charge in [0, 0.05) is 29.7 Å². The van der Waals surface area contributed by atoms with Crippen LogP contribution in [0.25, 0.3) is 22.6 Å². The second-order valence-corrected chi connectivity index (χ2v) is 3.62. The van der Waals surface area contributed by atoms with Gasteiger partial charge >= 0.3 is 0 Å². The van der Waals surface area contributed by atoms with E-state index in [9.17, 15) is 0 Å². The van der Waals surface area contributed by atoms with Gasteiger partial charge in [0.15, 0.2) is 5.82 Å².